The third-order valence-electron chi connectivity index (χ3n) is 6.23. The van der Waals surface area contributed by atoms with Gasteiger partial charge in [0.25, 0.3) is 0 Å². The second-order valence-corrected chi connectivity index (χ2v) is 8.15. The number of aryl methyl sites for hydroxylation is 5. The van der Waals surface area contributed by atoms with Crippen LogP contribution < -0.4 is 9.47 Å². The summed E-state index contributed by atoms with van der Waals surface area (Å²) < 4.78 is 2.40. The zero-order valence-corrected chi connectivity index (χ0v) is 16.9. The summed E-state index contributed by atoms with van der Waals surface area (Å²) in [6.45, 7) is 8.80. The van der Waals surface area contributed by atoms with Crippen LogP contribution in [0.1, 0.15) is 22.3 Å². The highest BCUT2D eigenvalue weighted by molar-refractivity contribution is 6.17. The summed E-state index contributed by atoms with van der Waals surface area (Å²) in [6.07, 6.45) is 0. The number of nitrogens with zero attached hydrogens (tertiary/aromatic N) is 2. The summed E-state index contributed by atoms with van der Waals surface area (Å²) in [6, 6.07) is 16.2. The van der Waals surface area contributed by atoms with Crippen LogP contribution in [0.2, 0.25) is 0 Å². The van der Waals surface area contributed by atoms with Gasteiger partial charge in [-0.25, -0.2) is 0 Å². The van der Waals surface area contributed by atoms with Crippen molar-refractivity contribution in [2.75, 3.05) is 11.9 Å². The van der Waals surface area contributed by atoms with Gasteiger partial charge in [-0.3, -0.25) is 0 Å². The summed E-state index contributed by atoms with van der Waals surface area (Å²) in [4.78, 5) is 2.35. The topological polar surface area (TPSA) is 7.12 Å². The van der Waals surface area contributed by atoms with Crippen LogP contribution in [0, 0.1) is 27.7 Å². The molecule has 2 nitrogen and oxygen atoms in total. The minimum Gasteiger partial charge on any atom is -0.343 e. The molecule has 0 fully saturated rings. The maximum Gasteiger partial charge on any atom is 0.224 e. The molecule has 0 atom stereocenters. The molecule has 0 amide bonds. The lowest BCUT2D eigenvalue weighted by atomic mass is 9.90. The van der Waals surface area contributed by atoms with E-state index in [0.717, 1.165) is 0 Å². The zero-order valence-electron chi connectivity index (χ0n) is 16.9. The molecule has 3 aromatic carbocycles. The number of aromatic nitrogens is 1. The van der Waals surface area contributed by atoms with Crippen LogP contribution in [0.25, 0.3) is 32.9 Å². The van der Waals surface area contributed by atoms with Crippen LogP contribution in [0.3, 0.4) is 0 Å². The highest BCUT2D eigenvalue weighted by atomic mass is 15.1. The zero-order chi connectivity index (χ0) is 19.0. The summed E-state index contributed by atoms with van der Waals surface area (Å²) in [7, 11) is 4.41. The number of hydrogen-bond donors (Lipinski definition) is 0. The molecule has 1 aliphatic rings. The Bertz CT molecular complexity index is 1280. The SMILES string of the molecule is Cc1ccc2c(c1)-c1c3c(cc(C)cc3c3cc(C)c(C)cc3[n+]1C)N2C. The maximum absolute atomic E-state index is 2.40. The van der Waals surface area contributed by atoms with E-state index in [4.69, 9.17) is 0 Å². The van der Waals surface area contributed by atoms with Gasteiger partial charge in [0.15, 0.2) is 0 Å². The molecule has 0 N–H and O–H groups in total. The maximum atomic E-state index is 2.40. The van der Waals surface area contributed by atoms with Gasteiger partial charge in [0.2, 0.25) is 11.2 Å². The van der Waals surface area contributed by atoms with Crippen LogP contribution in [-0.2, 0) is 7.05 Å². The predicted molar refractivity (Wildman–Crippen MR) is 115 cm³/mol. The van der Waals surface area contributed by atoms with Gasteiger partial charge in [-0.15, -0.1) is 0 Å². The van der Waals surface area contributed by atoms with Crippen LogP contribution >= 0.6 is 0 Å². The molecule has 2 heteroatoms. The standard InChI is InChI=1S/C25H25N2/c1-14-7-8-21-20(9-14)25-24-19(10-15(2)11-23(24)26(21)5)18-12-16(3)17(4)13-22(18)27(25)6/h7-13H,1-6H3/q+1. The highest BCUT2D eigenvalue weighted by Gasteiger charge is 2.31. The Hall–Kier alpha value is -2.87. The Morgan fingerprint density at radius 2 is 1.48 bits per heavy atom. The lowest BCUT2D eigenvalue weighted by molar-refractivity contribution is -0.632. The monoisotopic (exact) mass is 353 g/mol. The van der Waals surface area contributed by atoms with Crippen molar-refractivity contribution in [2.24, 2.45) is 7.05 Å². The molecule has 0 unspecified atom stereocenters. The van der Waals surface area contributed by atoms with Crippen molar-refractivity contribution in [1.29, 1.82) is 0 Å². The van der Waals surface area contributed by atoms with Gasteiger partial charge in [-0.1, -0.05) is 17.7 Å². The summed E-state index contributed by atoms with van der Waals surface area (Å²) in [5.74, 6) is 0. The summed E-state index contributed by atoms with van der Waals surface area (Å²) >= 11 is 0. The second kappa shape index (κ2) is 5.32. The van der Waals surface area contributed by atoms with Crippen molar-refractivity contribution in [3.63, 3.8) is 0 Å². The van der Waals surface area contributed by atoms with Gasteiger partial charge in [-0.2, -0.15) is 4.57 Å². The van der Waals surface area contributed by atoms with Crippen LogP contribution in [-0.4, -0.2) is 7.05 Å². The van der Waals surface area contributed by atoms with Gasteiger partial charge in [-0.05, 0) is 68.7 Å². The fourth-order valence-corrected chi connectivity index (χ4v) is 4.65. The fourth-order valence-electron chi connectivity index (χ4n) is 4.65. The molecular weight excluding hydrogens is 328 g/mol. The number of benzene rings is 3. The molecule has 0 aliphatic carbocycles. The van der Waals surface area contributed by atoms with Gasteiger partial charge in [0.1, 0.15) is 7.05 Å². The summed E-state index contributed by atoms with van der Waals surface area (Å²) in [5.41, 5.74) is 11.8. The number of hydrogen-bond acceptors (Lipinski definition) is 1. The minimum atomic E-state index is 1.28. The molecule has 4 aromatic rings. The largest absolute Gasteiger partial charge is 0.343 e. The van der Waals surface area contributed by atoms with Gasteiger partial charge in [0.05, 0.1) is 27.7 Å². The van der Waals surface area contributed by atoms with Gasteiger partial charge < -0.3 is 4.90 Å². The smallest absolute Gasteiger partial charge is 0.224 e. The third-order valence-corrected chi connectivity index (χ3v) is 6.23. The van der Waals surface area contributed by atoms with E-state index >= 15 is 0 Å². The molecule has 1 aliphatic heterocycles. The Labute approximate surface area is 160 Å². The third kappa shape index (κ3) is 2.10. The number of rotatable bonds is 0. The first-order valence-electron chi connectivity index (χ1n) is 9.59. The van der Waals surface area contributed by atoms with Crippen molar-refractivity contribution < 1.29 is 4.57 Å². The first-order chi connectivity index (χ1) is 12.9. The number of anilines is 2. The Morgan fingerprint density at radius 3 is 2.26 bits per heavy atom. The molecular formula is C25H25N2+. The van der Waals surface area contributed by atoms with E-state index in [1.54, 1.807) is 0 Å². The molecule has 0 radical (unpaired) electrons. The summed E-state index contributed by atoms with van der Waals surface area (Å²) in [5, 5.41) is 4.06. The molecule has 134 valence electrons. The number of fused-ring (bicyclic) bond motifs is 4. The van der Waals surface area contributed by atoms with Crippen molar-refractivity contribution in [2.45, 2.75) is 27.7 Å². The van der Waals surface area contributed by atoms with Gasteiger partial charge >= 0.3 is 0 Å². The van der Waals surface area contributed by atoms with Crippen molar-refractivity contribution in [3.8, 4) is 11.3 Å². The normalized spacial score (nSPS) is 12.7. The van der Waals surface area contributed by atoms with E-state index in [2.05, 4.69) is 93.7 Å². The number of pyridine rings is 1. The van der Waals surface area contributed by atoms with E-state index in [1.165, 1.54) is 66.6 Å². The van der Waals surface area contributed by atoms with Crippen molar-refractivity contribution in [1.82, 2.24) is 0 Å². The molecule has 0 bridgehead atoms. The quantitative estimate of drug-likeness (QED) is 0.286. The lowest BCUT2D eigenvalue weighted by Gasteiger charge is -2.29. The molecule has 2 heterocycles. The van der Waals surface area contributed by atoms with E-state index in [9.17, 15) is 0 Å². The van der Waals surface area contributed by atoms with Gasteiger partial charge in [0, 0.05) is 18.5 Å². The molecule has 27 heavy (non-hydrogen) atoms. The predicted octanol–water partition coefficient (Wildman–Crippen LogP) is 5.80. The second-order valence-electron chi connectivity index (χ2n) is 8.15. The van der Waals surface area contributed by atoms with E-state index in [-0.39, 0.29) is 0 Å². The molecule has 0 saturated carbocycles. The average Bonchev–Trinajstić information content (AvgIpc) is 2.62. The van der Waals surface area contributed by atoms with E-state index < -0.39 is 0 Å². The van der Waals surface area contributed by atoms with E-state index in [0.29, 0.717) is 0 Å². The first-order valence-corrected chi connectivity index (χ1v) is 9.59. The molecule has 0 saturated heterocycles. The highest BCUT2D eigenvalue weighted by Crippen LogP contribution is 2.47. The van der Waals surface area contributed by atoms with Crippen LogP contribution in [0.4, 0.5) is 11.4 Å². The Balaban J connectivity index is 2.11. The van der Waals surface area contributed by atoms with Crippen LogP contribution in [0.15, 0.2) is 42.5 Å². The minimum absolute atomic E-state index is 1.28. The Kier molecular flexibility index (Phi) is 3.22. The fraction of sp³-hybridized carbons (Fsp3) is 0.240. The Morgan fingerprint density at radius 1 is 0.741 bits per heavy atom. The van der Waals surface area contributed by atoms with Crippen molar-refractivity contribution in [3.05, 3.63) is 64.7 Å². The first kappa shape index (κ1) is 16.3. The molecule has 1 aromatic heterocycles. The van der Waals surface area contributed by atoms with E-state index in [1.807, 2.05) is 0 Å². The molecule has 5 rings (SSSR count). The lowest BCUT2D eigenvalue weighted by Crippen LogP contribution is -2.35. The van der Waals surface area contributed by atoms with Crippen molar-refractivity contribution >= 4 is 33.1 Å². The van der Waals surface area contributed by atoms with Crippen LogP contribution in [0.5, 0.6) is 0 Å². The molecule has 0 spiro atoms. The average molecular weight is 353 g/mol.